The number of anilines is 1. The summed E-state index contributed by atoms with van der Waals surface area (Å²) in [5, 5.41) is 15.6. The van der Waals surface area contributed by atoms with Crippen LogP contribution in [0.15, 0.2) is 48.5 Å². The van der Waals surface area contributed by atoms with E-state index in [1.165, 1.54) is 0 Å². The molecule has 0 aliphatic carbocycles. The lowest BCUT2D eigenvalue weighted by atomic mass is 9.92. The molecule has 1 aliphatic rings. The first kappa shape index (κ1) is 23.1. The van der Waals surface area contributed by atoms with Crippen LogP contribution in [0.1, 0.15) is 17.0 Å². The summed E-state index contributed by atoms with van der Waals surface area (Å²) in [6.45, 7) is 2.67. The molecular weight excluding hydrogens is 426 g/mol. The minimum atomic E-state index is -0.487. The Kier molecular flexibility index (Phi) is 8.10. The molecule has 1 aliphatic heterocycles. The van der Waals surface area contributed by atoms with E-state index in [-0.39, 0.29) is 25.0 Å². The van der Waals surface area contributed by atoms with Crippen LogP contribution in [0.3, 0.4) is 0 Å². The average molecular weight is 450 g/mol. The first-order valence-electron chi connectivity index (χ1n) is 10.2. The number of amides is 3. The monoisotopic (exact) mass is 449 g/mol. The summed E-state index contributed by atoms with van der Waals surface area (Å²) in [7, 11) is 0. The van der Waals surface area contributed by atoms with Crippen LogP contribution < -0.4 is 10.6 Å². The molecule has 1 unspecified atom stereocenters. The fraction of sp³-hybridized carbons (Fsp3) is 0.292. The number of hydrogen-bond donors (Lipinski definition) is 2. The van der Waals surface area contributed by atoms with E-state index < -0.39 is 5.92 Å². The number of urea groups is 1. The molecule has 2 aromatic rings. The van der Waals surface area contributed by atoms with Gasteiger partial charge in [-0.2, -0.15) is 5.26 Å². The van der Waals surface area contributed by atoms with Crippen LogP contribution in [-0.2, 0) is 4.79 Å². The summed E-state index contributed by atoms with van der Waals surface area (Å²) in [6.07, 6.45) is 5.14. The molecule has 32 heavy (non-hydrogen) atoms. The van der Waals surface area contributed by atoms with Crippen molar-refractivity contribution in [1.82, 2.24) is 15.1 Å². The Balaban J connectivity index is 1.56. The van der Waals surface area contributed by atoms with Crippen molar-refractivity contribution in [2.75, 3.05) is 44.6 Å². The topological polar surface area (TPSA) is 88.5 Å². The second-order valence-corrected chi connectivity index (χ2v) is 7.79. The minimum Gasteiger partial charge on any atom is -0.344 e. The molecule has 1 heterocycles. The minimum absolute atomic E-state index is 0.123. The normalized spacial score (nSPS) is 14.7. The van der Waals surface area contributed by atoms with Crippen molar-refractivity contribution in [3.05, 3.63) is 64.7 Å². The molecule has 0 bridgehead atoms. The lowest BCUT2D eigenvalue weighted by Gasteiger charge is -2.34. The fourth-order valence-corrected chi connectivity index (χ4v) is 3.82. The summed E-state index contributed by atoms with van der Waals surface area (Å²) in [6, 6.07) is 16.7. The first-order valence-corrected chi connectivity index (χ1v) is 10.6. The van der Waals surface area contributed by atoms with Gasteiger partial charge in [-0.1, -0.05) is 53.9 Å². The number of nitrogens with zero attached hydrogens (tertiary/aromatic N) is 3. The van der Waals surface area contributed by atoms with Crippen LogP contribution in [-0.4, -0.2) is 61.0 Å². The number of rotatable bonds is 6. The molecule has 7 nitrogen and oxygen atoms in total. The van der Waals surface area contributed by atoms with Crippen LogP contribution in [0, 0.1) is 23.7 Å². The highest BCUT2D eigenvalue weighted by Gasteiger charge is 2.23. The Morgan fingerprint density at radius 3 is 2.47 bits per heavy atom. The maximum absolute atomic E-state index is 12.6. The Morgan fingerprint density at radius 2 is 1.84 bits per heavy atom. The highest BCUT2D eigenvalue weighted by Crippen LogP contribution is 2.31. The van der Waals surface area contributed by atoms with Gasteiger partial charge >= 0.3 is 6.03 Å². The van der Waals surface area contributed by atoms with Gasteiger partial charge in [0.2, 0.25) is 5.91 Å². The molecule has 1 fully saturated rings. The second kappa shape index (κ2) is 11.2. The number of carbonyl (C=O) groups is 2. The highest BCUT2D eigenvalue weighted by molar-refractivity contribution is 6.31. The summed E-state index contributed by atoms with van der Waals surface area (Å²) in [5.74, 6) is 1.76. The molecule has 2 N–H and O–H groups in total. The van der Waals surface area contributed by atoms with Crippen LogP contribution >= 0.6 is 11.6 Å². The van der Waals surface area contributed by atoms with Crippen LogP contribution in [0.4, 0.5) is 10.5 Å². The van der Waals surface area contributed by atoms with Gasteiger partial charge in [0.25, 0.3) is 0 Å². The fourth-order valence-electron chi connectivity index (χ4n) is 3.53. The van der Waals surface area contributed by atoms with Gasteiger partial charge in [0, 0.05) is 36.9 Å². The Bertz CT molecular complexity index is 1040. The predicted molar refractivity (Wildman–Crippen MR) is 124 cm³/mol. The van der Waals surface area contributed by atoms with E-state index in [1.807, 2.05) is 35.2 Å². The third-order valence-corrected chi connectivity index (χ3v) is 5.57. The van der Waals surface area contributed by atoms with Crippen LogP contribution in [0.5, 0.6) is 0 Å². The Labute approximate surface area is 192 Å². The average Bonchev–Trinajstić information content (AvgIpc) is 2.80. The van der Waals surface area contributed by atoms with Crippen molar-refractivity contribution in [2.24, 2.45) is 0 Å². The number of carbonyl (C=O) groups excluding carboxylic acids is 2. The second-order valence-electron chi connectivity index (χ2n) is 7.38. The Hall–Kier alpha value is -3.52. The number of piperazine rings is 1. The maximum atomic E-state index is 12.6. The van der Waals surface area contributed by atoms with Crippen LogP contribution in [0.2, 0.25) is 5.02 Å². The molecular formula is C24H24ClN5O2. The number of halogens is 1. The molecule has 1 saturated heterocycles. The van der Waals surface area contributed by atoms with E-state index >= 15 is 0 Å². The largest absolute Gasteiger partial charge is 0.344 e. The zero-order valence-corrected chi connectivity index (χ0v) is 18.3. The van der Waals surface area contributed by atoms with Crippen molar-refractivity contribution in [1.29, 1.82) is 5.26 Å². The first-order chi connectivity index (χ1) is 15.5. The third-order valence-electron chi connectivity index (χ3n) is 5.24. The van der Waals surface area contributed by atoms with Crippen molar-refractivity contribution < 1.29 is 9.59 Å². The number of terminal acetylenes is 1. The SMILES string of the molecule is C#CCNC(=O)CN1CCN(C(=O)Nc2ccc(C(C#N)c3ccccc3)c(Cl)c2)CC1. The molecule has 0 saturated carbocycles. The lowest BCUT2D eigenvalue weighted by Crippen LogP contribution is -2.52. The van der Waals surface area contributed by atoms with Crippen molar-refractivity contribution >= 4 is 29.2 Å². The Morgan fingerprint density at radius 1 is 1.12 bits per heavy atom. The van der Waals surface area contributed by atoms with E-state index in [1.54, 1.807) is 23.1 Å². The van der Waals surface area contributed by atoms with Gasteiger partial charge in [0.1, 0.15) is 0 Å². The summed E-state index contributed by atoms with van der Waals surface area (Å²) in [5.41, 5.74) is 2.11. The standard InChI is InChI=1S/C24H24ClN5O2/c1-2-10-27-23(31)17-29-11-13-30(14-12-29)24(32)28-19-8-9-20(22(25)15-19)21(16-26)18-6-4-3-5-7-18/h1,3-9,15,21H,10-14,17H2,(H,27,31)(H,28,32). The van der Waals surface area contributed by atoms with E-state index in [2.05, 4.69) is 22.6 Å². The van der Waals surface area contributed by atoms with E-state index in [9.17, 15) is 14.9 Å². The molecule has 8 heteroatoms. The molecule has 0 radical (unpaired) electrons. The summed E-state index contributed by atoms with van der Waals surface area (Å²) >= 11 is 6.45. The van der Waals surface area contributed by atoms with E-state index in [0.29, 0.717) is 42.5 Å². The summed E-state index contributed by atoms with van der Waals surface area (Å²) < 4.78 is 0. The molecule has 2 aromatic carbocycles. The zero-order valence-electron chi connectivity index (χ0n) is 17.6. The quantitative estimate of drug-likeness (QED) is 0.664. The summed E-state index contributed by atoms with van der Waals surface area (Å²) in [4.78, 5) is 28.1. The number of nitriles is 1. The zero-order chi connectivity index (χ0) is 22.9. The number of hydrogen-bond acceptors (Lipinski definition) is 4. The maximum Gasteiger partial charge on any atom is 0.321 e. The van der Waals surface area contributed by atoms with E-state index in [4.69, 9.17) is 18.0 Å². The van der Waals surface area contributed by atoms with Crippen molar-refractivity contribution in [3.8, 4) is 18.4 Å². The molecule has 164 valence electrons. The van der Waals surface area contributed by atoms with Crippen molar-refractivity contribution in [2.45, 2.75) is 5.92 Å². The van der Waals surface area contributed by atoms with Gasteiger partial charge in [-0.05, 0) is 23.3 Å². The van der Waals surface area contributed by atoms with Crippen LogP contribution in [0.25, 0.3) is 0 Å². The van der Waals surface area contributed by atoms with Crippen molar-refractivity contribution in [3.63, 3.8) is 0 Å². The molecule has 0 spiro atoms. The smallest absolute Gasteiger partial charge is 0.321 e. The number of nitrogens with one attached hydrogen (secondary N) is 2. The molecule has 0 aromatic heterocycles. The van der Waals surface area contributed by atoms with Gasteiger partial charge in [0.05, 0.1) is 25.1 Å². The molecule has 3 rings (SSSR count). The van der Waals surface area contributed by atoms with Gasteiger partial charge < -0.3 is 15.5 Å². The lowest BCUT2D eigenvalue weighted by molar-refractivity contribution is -0.122. The molecule has 1 atom stereocenters. The number of benzene rings is 2. The third kappa shape index (κ3) is 6.01. The van der Waals surface area contributed by atoms with Gasteiger partial charge in [-0.15, -0.1) is 6.42 Å². The predicted octanol–water partition coefficient (Wildman–Crippen LogP) is 2.89. The highest BCUT2D eigenvalue weighted by atomic mass is 35.5. The van der Waals surface area contributed by atoms with Gasteiger partial charge in [-0.25, -0.2) is 4.79 Å². The van der Waals surface area contributed by atoms with E-state index in [0.717, 1.165) is 5.56 Å². The molecule has 3 amide bonds. The van der Waals surface area contributed by atoms with Gasteiger partial charge in [0.15, 0.2) is 0 Å². The van der Waals surface area contributed by atoms with Gasteiger partial charge in [-0.3, -0.25) is 9.69 Å².